The van der Waals surface area contributed by atoms with Crippen LogP contribution < -0.4 is 0 Å². The molecule has 0 spiro atoms. The number of aromatic nitrogens is 2. The first-order chi connectivity index (χ1) is 5.79. The smallest absolute Gasteiger partial charge is 0.138 e. The third kappa shape index (κ3) is 0.978. The van der Waals surface area contributed by atoms with Gasteiger partial charge < -0.3 is 0 Å². The summed E-state index contributed by atoms with van der Waals surface area (Å²) in [5.74, 6) is 0. The van der Waals surface area contributed by atoms with E-state index in [0.717, 1.165) is 29.0 Å². The van der Waals surface area contributed by atoms with E-state index in [1.54, 1.807) is 0 Å². The van der Waals surface area contributed by atoms with Crippen molar-refractivity contribution in [3.63, 3.8) is 0 Å². The van der Waals surface area contributed by atoms with Gasteiger partial charge in [0.15, 0.2) is 0 Å². The van der Waals surface area contributed by atoms with E-state index < -0.39 is 0 Å². The van der Waals surface area contributed by atoms with Crippen LogP contribution in [0.25, 0.3) is 11.1 Å². The first kappa shape index (κ1) is 7.28. The van der Waals surface area contributed by atoms with Crippen molar-refractivity contribution in [1.82, 2.24) is 10.3 Å². The Labute approximate surface area is 70.7 Å². The van der Waals surface area contributed by atoms with E-state index in [4.69, 9.17) is 0 Å². The highest BCUT2D eigenvalue weighted by molar-refractivity contribution is 5.75. The number of hydrogen-bond acceptors (Lipinski definition) is 3. The van der Waals surface area contributed by atoms with E-state index in [-0.39, 0.29) is 0 Å². The maximum Gasteiger partial charge on any atom is 0.138 e. The van der Waals surface area contributed by atoms with Gasteiger partial charge in [-0.25, -0.2) is 4.63 Å². The minimum atomic E-state index is 0.876. The van der Waals surface area contributed by atoms with E-state index in [2.05, 4.69) is 27.1 Å². The van der Waals surface area contributed by atoms with Gasteiger partial charge in [-0.3, -0.25) is 0 Å². The number of hydrogen-bond donors (Lipinski definition) is 0. The van der Waals surface area contributed by atoms with Crippen molar-refractivity contribution in [2.75, 3.05) is 0 Å². The van der Waals surface area contributed by atoms with Crippen LogP contribution in [0.15, 0.2) is 16.8 Å². The van der Waals surface area contributed by atoms with Crippen molar-refractivity contribution < 1.29 is 4.63 Å². The molecule has 0 aromatic carbocycles. The molecule has 0 aliphatic heterocycles. The lowest BCUT2D eigenvalue weighted by molar-refractivity contribution is 0.305. The summed E-state index contributed by atoms with van der Waals surface area (Å²) >= 11 is 0. The molecule has 3 nitrogen and oxygen atoms in total. The molecule has 3 heteroatoms. The summed E-state index contributed by atoms with van der Waals surface area (Å²) in [7, 11) is 0. The van der Waals surface area contributed by atoms with Gasteiger partial charge >= 0.3 is 0 Å². The van der Waals surface area contributed by atoms with Crippen molar-refractivity contribution in [3.8, 4) is 0 Å². The topological polar surface area (TPSA) is 38.9 Å². The lowest BCUT2D eigenvalue weighted by atomic mass is 10.1. The van der Waals surface area contributed by atoms with Crippen LogP contribution in [0.3, 0.4) is 0 Å². The molecule has 1 heterocycles. The molecule has 0 saturated heterocycles. The summed E-state index contributed by atoms with van der Waals surface area (Å²) < 4.78 is 4.68. The second-order valence-corrected chi connectivity index (χ2v) is 2.97. The molecular weight excluding hydrogens is 152 g/mol. The van der Waals surface area contributed by atoms with Crippen molar-refractivity contribution in [3.05, 3.63) is 23.5 Å². The van der Waals surface area contributed by atoms with Gasteiger partial charge in [0.2, 0.25) is 0 Å². The fourth-order valence-corrected chi connectivity index (χ4v) is 1.31. The van der Waals surface area contributed by atoms with E-state index in [0.29, 0.717) is 0 Å². The van der Waals surface area contributed by atoms with E-state index in [1.165, 1.54) is 0 Å². The molecule has 12 heavy (non-hydrogen) atoms. The molecule has 1 aromatic rings. The lowest BCUT2D eigenvalue weighted by Gasteiger charge is -1.93. The standard InChI is InChI=1S/C9H10N2O/c1-6-4-3-5-7(2)9-8(6)10-12-11-9/h4-5H,3H2,1-2H3. The molecule has 0 saturated carbocycles. The molecule has 0 fully saturated rings. The van der Waals surface area contributed by atoms with Gasteiger partial charge in [-0.15, -0.1) is 0 Å². The first-order valence-corrected chi connectivity index (χ1v) is 3.96. The Balaban J connectivity index is 2.62. The summed E-state index contributed by atoms with van der Waals surface area (Å²) in [5, 5.41) is 7.71. The van der Waals surface area contributed by atoms with Crippen LogP contribution in [0.1, 0.15) is 31.7 Å². The molecule has 0 N–H and O–H groups in total. The quantitative estimate of drug-likeness (QED) is 0.587. The SMILES string of the molecule is CC1=CCC=C(C)c2nonc21. The van der Waals surface area contributed by atoms with Crippen LogP contribution in [0.5, 0.6) is 0 Å². The second kappa shape index (κ2) is 2.59. The third-order valence-electron chi connectivity index (χ3n) is 2.08. The van der Waals surface area contributed by atoms with Crippen LogP contribution in [-0.4, -0.2) is 10.3 Å². The summed E-state index contributed by atoms with van der Waals surface area (Å²) in [6.45, 7) is 4.05. The molecule has 1 aliphatic carbocycles. The number of allylic oxidation sites excluding steroid dienone is 4. The highest BCUT2D eigenvalue weighted by Crippen LogP contribution is 2.25. The molecule has 2 rings (SSSR count). The summed E-state index contributed by atoms with van der Waals surface area (Å²) in [4.78, 5) is 0. The van der Waals surface area contributed by atoms with Gasteiger partial charge in [-0.1, -0.05) is 12.2 Å². The van der Waals surface area contributed by atoms with Crippen molar-refractivity contribution in [2.45, 2.75) is 20.3 Å². The minimum Gasteiger partial charge on any atom is -0.243 e. The zero-order valence-corrected chi connectivity index (χ0v) is 7.16. The predicted molar refractivity (Wildman–Crippen MR) is 46.2 cm³/mol. The molecule has 0 amide bonds. The normalized spacial score (nSPS) is 16.2. The zero-order chi connectivity index (χ0) is 8.55. The lowest BCUT2D eigenvalue weighted by Crippen LogP contribution is -1.85. The number of nitrogens with zero attached hydrogens (tertiary/aromatic N) is 2. The predicted octanol–water partition coefficient (Wildman–Crippen LogP) is 2.28. The van der Waals surface area contributed by atoms with Crippen LogP contribution in [0, 0.1) is 0 Å². The molecule has 0 atom stereocenters. The molecule has 62 valence electrons. The average Bonchev–Trinajstić information content (AvgIpc) is 2.47. The van der Waals surface area contributed by atoms with Gasteiger partial charge in [0.25, 0.3) is 0 Å². The van der Waals surface area contributed by atoms with Gasteiger partial charge in [0.05, 0.1) is 0 Å². The van der Waals surface area contributed by atoms with Gasteiger partial charge in [0, 0.05) is 0 Å². The molecule has 0 unspecified atom stereocenters. The largest absolute Gasteiger partial charge is 0.243 e. The number of fused-ring (bicyclic) bond motifs is 1. The van der Waals surface area contributed by atoms with E-state index in [1.807, 2.05) is 13.8 Å². The van der Waals surface area contributed by atoms with Crippen molar-refractivity contribution in [1.29, 1.82) is 0 Å². The second-order valence-electron chi connectivity index (χ2n) is 2.97. The number of rotatable bonds is 0. The first-order valence-electron chi connectivity index (χ1n) is 3.96. The molecule has 0 bridgehead atoms. The Morgan fingerprint density at radius 3 is 2.08 bits per heavy atom. The highest BCUT2D eigenvalue weighted by Gasteiger charge is 2.14. The van der Waals surface area contributed by atoms with Gasteiger partial charge in [-0.05, 0) is 41.7 Å². The van der Waals surface area contributed by atoms with Gasteiger partial charge in [0.1, 0.15) is 11.4 Å². The minimum absolute atomic E-state index is 0.876. The summed E-state index contributed by atoms with van der Waals surface area (Å²) in [6.07, 6.45) is 5.20. The van der Waals surface area contributed by atoms with Crippen LogP contribution >= 0.6 is 0 Å². The molecule has 0 radical (unpaired) electrons. The fourth-order valence-electron chi connectivity index (χ4n) is 1.31. The Morgan fingerprint density at radius 1 is 1.08 bits per heavy atom. The maximum atomic E-state index is 4.68. The van der Waals surface area contributed by atoms with Gasteiger partial charge in [-0.2, -0.15) is 0 Å². The highest BCUT2D eigenvalue weighted by atomic mass is 16.6. The maximum absolute atomic E-state index is 4.68. The van der Waals surface area contributed by atoms with Crippen LogP contribution in [0.4, 0.5) is 0 Å². The van der Waals surface area contributed by atoms with Crippen LogP contribution in [0.2, 0.25) is 0 Å². The molecular formula is C9H10N2O. The Bertz CT molecular complexity index is 328. The Morgan fingerprint density at radius 2 is 1.58 bits per heavy atom. The Hall–Kier alpha value is -1.38. The van der Waals surface area contributed by atoms with E-state index in [9.17, 15) is 0 Å². The van der Waals surface area contributed by atoms with E-state index >= 15 is 0 Å². The summed E-state index contributed by atoms with van der Waals surface area (Å²) in [6, 6.07) is 0. The van der Waals surface area contributed by atoms with Crippen LogP contribution in [-0.2, 0) is 0 Å². The zero-order valence-electron chi connectivity index (χ0n) is 7.16. The van der Waals surface area contributed by atoms with Crippen molar-refractivity contribution >= 4 is 11.1 Å². The monoisotopic (exact) mass is 162 g/mol. The molecule has 1 aromatic heterocycles. The average molecular weight is 162 g/mol. The fraction of sp³-hybridized carbons (Fsp3) is 0.333. The Kier molecular flexibility index (Phi) is 1.57. The third-order valence-corrected chi connectivity index (χ3v) is 2.08. The molecule has 1 aliphatic rings. The van der Waals surface area contributed by atoms with Crippen molar-refractivity contribution in [2.24, 2.45) is 0 Å². The summed E-state index contributed by atoms with van der Waals surface area (Å²) in [5.41, 5.74) is 4.03.